The van der Waals surface area contributed by atoms with Crippen LogP contribution in [-0.4, -0.2) is 6.54 Å². The summed E-state index contributed by atoms with van der Waals surface area (Å²) in [6.45, 7) is 3.30. The van der Waals surface area contributed by atoms with Gasteiger partial charge < -0.3 is 0 Å². The zero-order chi connectivity index (χ0) is 7.45. The normalized spacial score (nSPS) is 20.5. The maximum absolute atomic E-state index is 5.29. The minimum Gasteiger partial charge on any atom is -0.271 e. The van der Waals surface area contributed by atoms with Crippen molar-refractivity contribution in [2.24, 2.45) is 11.3 Å². The minimum absolute atomic E-state index is 0. The van der Waals surface area contributed by atoms with E-state index in [4.69, 9.17) is 5.84 Å². The highest BCUT2D eigenvalue weighted by atomic mass is 35.5. The predicted molar refractivity (Wildman–Crippen MR) is 57.9 cm³/mol. The van der Waals surface area contributed by atoms with Crippen LogP contribution < -0.4 is 11.3 Å². The monoisotopic (exact) mass is 214 g/mol. The first-order valence-electron chi connectivity index (χ1n) is 4.20. The standard InChI is InChI=1S/C8H18N2.2ClH/c1-8(7-10-9)5-3-2-4-6-8;;/h10H,2-7,9H2,1H3;2*1H. The lowest BCUT2D eigenvalue weighted by molar-refractivity contribution is 0.209. The summed E-state index contributed by atoms with van der Waals surface area (Å²) in [6, 6.07) is 0. The first-order valence-corrected chi connectivity index (χ1v) is 4.20. The van der Waals surface area contributed by atoms with Crippen LogP contribution in [0.25, 0.3) is 0 Å². The first-order chi connectivity index (χ1) is 4.77. The van der Waals surface area contributed by atoms with E-state index in [1.165, 1.54) is 32.1 Å². The third-order valence-corrected chi connectivity index (χ3v) is 2.59. The molecule has 76 valence electrons. The molecule has 0 atom stereocenters. The van der Waals surface area contributed by atoms with Gasteiger partial charge in [-0.25, -0.2) is 0 Å². The molecule has 1 saturated carbocycles. The first kappa shape index (κ1) is 15.0. The molecule has 0 aliphatic heterocycles. The highest BCUT2D eigenvalue weighted by Gasteiger charge is 2.25. The Kier molecular flexibility index (Phi) is 8.69. The number of hydrogen-bond acceptors (Lipinski definition) is 2. The zero-order valence-electron chi connectivity index (χ0n) is 7.64. The second-order valence-electron chi connectivity index (χ2n) is 3.75. The van der Waals surface area contributed by atoms with Crippen LogP contribution in [0.2, 0.25) is 0 Å². The smallest absolute Gasteiger partial charge is 0.0151 e. The largest absolute Gasteiger partial charge is 0.271 e. The summed E-state index contributed by atoms with van der Waals surface area (Å²) in [4.78, 5) is 0. The maximum Gasteiger partial charge on any atom is 0.0151 e. The van der Waals surface area contributed by atoms with E-state index in [1.807, 2.05) is 0 Å². The van der Waals surface area contributed by atoms with Crippen molar-refractivity contribution in [2.45, 2.75) is 39.0 Å². The number of nitrogens with one attached hydrogen (secondary N) is 1. The highest BCUT2D eigenvalue weighted by molar-refractivity contribution is 5.85. The van der Waals surface area contributed by atoms with E-state index < -0.39 is 0 Å². The van der Waals surface area contributed by atoms with Gasteiger partial charge in [-0.3, -0.25) is 11.3 Å². The molecule has 0 spiro atoms. The Morgan fingerprint density at radius 1 is 1.17 bits per heavy atom. The summed E-state index contributed by atoms with van der Waals surface area (Å²) in [6.07, 6.45) is 6.88. The van der Waals surface area contributed by atoms with E-state index in [9.17, 15) is 0 Å². The molecular formula is C8H20Cl2N2. The molecule has 3 N–H and O–H groups in total. The molecule has 0 saturated heterocycles. The van der Waals surface area contributed by atoms with Gasteiger partial charge in [-0.2, -0.15) is 0 Å². The van der Waals surface area contributed by atoms with Gasteiger partial charge in [0.15, 0.2) is 0 Å². The van der Waals surface area contributed by atoms with Crippen LogP contribution in [0.1, 0.15) is 39.0 Å². The number of rotatable bonds is 2. The van der Waals surface area contributed by atoms with E-state index in [-0.39, 0.29) is 24.8 Å². The van der Waals surface area contributed by atoms with Gasteiger partial charge in [-0.1, -0.05) is 26.2 Å². The van der Waals surface area contributed by atoms with Gasteiger partial charge >= 0.3 is 0 Å². The Labute approximate surface area is 87.5 Å². The van der Waals surface area contributed by atoms with Crippen LogP contribution in [0.5, 0.6) is 0 Å². The van der Waals surface area contributed by atoms with Crippen LogP contribution in [-0.2, 0) is 0 Å². The van der Waals surface area contributed by atoms with Gasteiger partial charge in [0.25, 0.3) is 0 Å². The zero-order valence-corrected chi connectivity index (χ0v) is 9.27. The fourth-order valence-electron chi connectivity index (χ4n) is 1.83. The van der Waals surface area contributed by atoms with E-state index >= 15 is 0 Å². The van der Waals surface area contributed by atoms with Crippen molar-refractivity contribution in [2.75, 3.05) is 6.54 Å². The average molecular weight is 215 g/mol. The summed E-state index contributed by atoms with van der Waals surface area (Å²) in [7, 11) is 0. The van der Waals surface area contributed by atoms with Gasteiger partial charge in [-0.15, -0.1) is 24.8 Å². The molecule has 0 heterocycles. The second kappa shape index (κ2) is 6.96. The molecule has 0 aromatic carbocycles. The topological polar surface area (TPSA) is 38.0 Å². The number of hydrazine groups is 1. The number of hydrogen-bond donors (Lipinski definition) is 2. The predicted octanol–water partition coefficient (Wildman–Crippen LogP) is 2.26. The Balaban J connectivity index is 0. The number of halogens is 2. The van der Waals surface area contributed by atoms with Crippen molar-refractivity contribution in [3.05, 3.63) is 0 Å². The second-order valence-corrected chi connectivity index (χ2v) is 3.75. The Morgan fingerprint density at radius 2 is 1.67 bits per heavy atom. The Hall–Kier alpha value is 0.500. The summed E-state index contributed by atoms with van der Waals surface area (Å²) >= 11 is 0. The molecule has 0 bridgehead atoms. The molecule has 1 rings (SSSR count). The Bertz CT molecular complexity index is 97.7. The summed E-state index contributed by atoms with van der Waals surface area (Å²) in [5.41, 5.74) is 3.27. The molecule has 2 nitrogen and oxygen atoms in total. The summed E-state index contributed by atoms with van der Waals surface area (Å²) in [5, 5.41) is 0. The van der Waals surface area contributed by atoms with Gasteiger partial charge in [0.2, 0.25) is 0 Å². The average Bonchev–Trinajstić information content (AvgIpc) is 1.89. The molecule has 0 unspecified atom stereocenters. The molecule has 0 aromatic heterocycles. The maximum atomic E-state index is 5.29. The van der Waals surface area contributed by atoms with E-state index in [0.29, 0.717) is 5.41 Å². The molecule has 0 aromatic rings. The quantitative estimate of drug-likeness (QED) is 0.547. The van der Waals surface area contributed by atoms with Crippen LogP contribution in [0.15, 0.2) is 0 Å². The lowest BCUT2D eigenvalue weighted by Gasteiger charge is -2.32. The van der Waals surface area contributed by atoms with Gasteiger partial charge in [0, 0.05) is 6.54 Å². The minimum atomic E-state index is 0. The van der Waals surface area contributed by atoms with Crippen molar-refractivity contribution < 1.29 is 0 Å². The van der Waals surface area contributed by atoms with E-state index in [0.717, 1.165) is 6.54 Å². The number of nitrogens with two attached hydrogens (primary N) is 1. The van der Waals surface area contributed by atoms with Crippen LogP contribution >= 0.6 is 24.8 Å². The third-order valence-electron chi connectivity index (χ3n) is 2.59. The molecular weight excluding hydrogens is 195 g/mol. The highest BCUT2D eigenvalue weighted by Crippen LogP contribution is 2.34. The fraction of sp³-hybridized carbons (Fsp3) is 1.00. The molecule has 1 aliphatic carbocycles. The van der Waals surface area contributed by atoms with Gasteiger partial charge in [0.05, 0.1) is 0 Å². The van der Waals surface area contributed by atoms with Crippen molar-refractivity contribution in [1.29, 1.82) is 0 Å². The van der Waals surface area contributed by atoms with Crippen LogP contribution in [0.4, 0.5) is 0 Å². The molecule has 1 fully saturated rings. The van der Waals surface area contributed by atoms with Gasteiger partial charge in [0.1, 0.15) is 0 Å². The SMILES string of the molecule is CC1(CNN)CCCCC1.Cl.Cl. The lowest BCUT2D eigenvalue weighted by atomic mass is 9.76. The fourth-order valence-corrected chi connectivity index (χ4v) is 1.83. The summed E-state index contributed by atoms with van der Waals surface area (Å²) < 4.78 is 0. The van der Waals surface area contributed by atoms with Crippen molar-refractivity contribution in [1.82, 2.24) is 5.43 Å². The van der Waals surface area contributed by atoms with Crippen molar-refractivity contribution in [3.63, 3.8) is 0 Å². The van der Waals surface area contributed by atoms with Gasteiger partial charge in [-0.05, 0) is 18.3 Å². The third kappa shape index (κ3) is 4.51. The molecule has 12 heavy (non-hydrogen) atoms. The van der Waals surface area contributed by atoms with Crippen LogP contribution in [0, 0.1) is 5.41 Å². The molecule has 4 heteroatoms. The van der Waals surface area contributed by atoms with Crippen LogP contribution in [0.3, 0.4) is 0 Å². The van der Waals surface area contributed by atoms with Crippen molar-refractivity contribution >= 4 is 24.8 Å². The molecule has 1 aliphatic rings. The van der Waals surface area contributed by atoms with E-state index in [2.05, 4.69) is 12.3 Å². The van der Waals surface area contributed by atoms with Crippen molar-refractivity contribution in [3.8, 4) is 0 Å². The lowest BCUT2D eigenvalue weighted by Crippen LogP contribution is -2.37. The Morgan fingerprint density at radius 3 is 2.08 bits per heavy atom. The van der Waals surface area contributed by atoms with E-state index in [1.54, 1.807) is 0 Å². The summed E-state index contributed by atoms with van der Waals surface area (Å²) in [5.74, 6) is 5.29. The molecule has 0 amide bonds. The molecule has 0 radical (unpaired) electrons.